The van der Waals surface area contributed by atoms with Crippen LogP contribution in [0.25, 0.3) is 0 Å². The number of nitrogens with one attached hydrogen (secondary N) is 2. The van der Waals surface area contributed by atoms with E-state index in [1.807, 2.05) is 6.92 Å². The van der Waals surface area contributed by atoms with Crippen molar-refractivity contribution in [2.45, 2.75) is 69.9 Å². The Balaban J connectivity index is 1.42. The Hall–Kier alpha value is -1.87. The van der Waals surface area contributed by atoms with Crippen LogP contribution in [0.2, 0.25) is 0 Å². The summed E-state index contributed by atoms with van der Waals surface area (Å²) in [6.07, 6.45) is 8.82. The fraction of sp³-hybridized carbons (Fsp3) is 0.737. The second-order valence-electron chi connectivity index (χ2n) is 8.02. The van der Waals surface area contributed by atoms with Gasteiger partial charge in [-0.1, -0.05) is 0 Å². The van der Waals surface area contributed by atoms with Crippen LogP contribution in [0.15, 0.2) is 0 Å². The zero-order valence-corrected chi connectivity index (χ0v) is 15.0. The molecule has 0 bridgehead atoms. The Morgan fingerprint density at radius 2 is 2.16 bits per heavy atom. The van der Waals surface area contributed by atoms with E-state index in [0.717, 1.165) is 50.9 Å². The lowest BCUT2D eigenvalue weighted by Crippen LogP contribution is -2.50. The highest BCUT2D eigenvalue weighted by Gasteiger charge is 2.43. The normalized spacial score (nSPS) is 25.8. The molecule has 0 unspecified atom stereocenters. The van der Waals surface area contributed by atoms with Crippen LogP contribution in [0.4, 0.5) is 0 Å². The lowest BCUT2D eigenvalue weighted by atomic mass is 9.98. The summed E-state index contributed by atoms with van der Waals surface area (Å²) >= 11 is 0. The molecule has 1 aromatic rings. The monoisotopic (exact) mass is 341 g/mol. The molecular formula is C19H27N5O. The maximum absolute atomic E-state index is 12.5. The smallest absolute Gasteiger partial charge is 0.235 e. The second-order valence-corrected chi connectivity index (χ2v) is 8.02. The van der Waals surface area contributed by atoms with E-state index in [9.17, 15) is 10.1 Å². The van der Waals surface area contributed by atoms with Gasteiger partial charge >= 0.3 is 0 Å². The minimum Gasteiger partial charge on any atom is -0.344 e. The largest absolute Gasteiger partial charge is 0.344 e. The van der Waals surface area contributed by atoms with Crippen LogP contribution < -0.4 is 5.32 Å². The van der Waals surface area contributed by atoms with E-state index in [1.54, 1.807) is 0 Å². The van der Waals surface area contributed by atoms with Crippen molar-refractivity contribution in [1.82, 2.24) is 20.2 Å². The van der Waals surface area contributed by atoms with Gasteiger partial charge in [-0.15, -0.1) is 0 Å². The first-order valence-corrected chi connectivity index (χ1v) is 9.63. The highest BCUT2D eigenvalue weighted by Crippen LogP contribution is 2.39. The van der Waals surface area contributed by atoms with Gasteiger partial charge in [0.1, 0.15) is 11.4 Å². The molecule has 4 rings (SSSR count). The van der Waals surface area contributed by atoms with Gasteiger partial charge in [0, 0.05) is 5.69 Å². The Kier molecular flexibility index (Phi) is 4.28. The molecule has 1 aliphatic heterocycles. The number of rotatable bonds is 5. The maximum Gasteiger partial charge on any atom is 0.235 e. The molecule has 2 N–H and O–H groups in total. The molecule has 0 aromatic carbocycles. The van der Waals surface area contributed by atoms with Gasteiger partial charge in [-0.2, -0.15) is 5.26 Å². The van der Waals surface area contributed by atoms with Crippen molar-refractivity contribution in [2.75, 3.05) is 13.1 Å². The molecule has 2 heterocycles. The number of fused-ring (bicyclic) bond motifs is 1. The van der Waals surface area contributed by atoms with Gasteiger partial charge in [-0.25, -0.2) is 4.98 Å². The summed E-state index contributed by atoms with van der Waals surface area (Å²) in [6, 6.07) is 2.50. The quantitative estimate of drug-likeness (QED) is 0.860. The van der Waals surface area contributed by atoms with Gasteiger partial charge in [0.05, 0.1) is 24.3 Å². The molecule has 3 aliphatic rings. The SMILES string of the molecule is C[C@@](C#N)(NC(=O)CN1CCC[C@H]1c1nc2c([nH]1)CCCC2)C1CC1. The van der Waals surface area contributed by atoms with Crippen molar-refractivity contribution in [3.05, 3.63) is 17.2 Å². The number of amides is 1. The Morgan fingerprint density at radius 3 is 2.88 bits per heavy atom. The standard InChI is InChI=1S/C19H27N5O/c1-19(12-20,13-8-9-13)23-17(25)11-24-10-4-7-16(24)18-21-14-5-2-3-6-15(14)22-18/h13,16H,2-11H2,1H3,(H,21,22)(H,23,25)/t16-,19-/m0/s1. The summed E-state index contributed by atoms with van der Waals surface area (Å²) < 4.78 is 0. The van der Waals surface area contributed by atoms with Crippen LogP contribution in [-0.4, -0.2) is 39.4 Å². The van der Waals surface area contributed by atoms with Gasteiger partial charge < -0.3 is 10.3 Å². The number of aromatic nitrogens is 2. The average molecular weight is 341 g/mol. The number of H-pyrrole nitrogens is 1. The third-order valence-electron chi connectivity index (χ3n) is 6.02. The molecule has 2 aliphatic carbocycles. The molecule has 6 nitrogen and oxygen atoms in total. The number of carbonyl (C=O) groups excluding carboxylic acids is 1. The van der Waals surface area contributed by atoms with Crippen LogP contribution in [0.5, 0.6) is 0 Å². The van der Waals surface area contributed by atoms with Crippen molar-refractivity contribution >= 4 is 5.91 Å². The van der Waals surface area contributed by atoms with E-state index in [-0.39, 0.29) is 11.9 Å². The van der Waals surface area contributed by atoms with Crippen LogP contribution in [0.1, 0.15) is 68.7 Å². The van der Waals surface area contributed by atoms with Crippen molar-refractivity contribution in [2.24, 2.45) is 5.92 Å². The Bertz CT molecular complexity index is 678. The van der Waals surface area contributed by atoms with Gasteiger partial charge in [0.25, 0.3) is 0 Å². The topological polar surface area (TPSA) is 84.8 Å². The summed E-state index contributed by atoms with van der Waals surface area (Å²) in [6.45, 7) is 3.11. The zero-order chi connectivity index (χ0) is 17.4. The molecule has 1 amide bonds. The summed E-state index contributed by atoms with van der Waals surface area (Å²) in [5.74, 6) is 1.30. The van der Waals surface area contributed by atoms with Crippen LogP contribution in [0, 0.1) is 17.2 Å². The molecule has 2 fully saturated rings. The van der Waals surface area contributed by atoms with Crippen molar-refractivity contribution in [1.29, 1.82) is 5.26 Å². The van der Waals surface area contributed by atoms with Gasteiger partial charge in [0.15, 0.2) is 0 Å². The molecule has 1 aromatic heterocycles. The first-order valence-electron chi connectivity index (χ1n) is 9.63. The summed E-state index contributed by atoms with van der Waals surface area (Å²) in [5.41, 5.74) is 1.81. The van der Waals surface area contributed by atoms with E-state index < -0.39 is 5.54 Å². The summed E-state index contributed by atoms with van der Waals surface area (Å²) in [4.78, 5) is 23.1. The molecule has 1 saturated heterocycles. The number of hydrogen-bond acceptors (Lipinski definition) is 4. The van der Waals surface area contributed by atoms with Crippen molar-refractivity contribution < 1.29 is 4.79 Å². The van der Waals surface area contributed by atoms with E-state index >= 15 is 0 Å². The second kappa shape index (κ2) is 6.45. The van der Waals surface area contributed by atoms with Crippen LogP contribution in [0.3, 0.4) is 0 Å². The van der Waals surface area contributed by atoms with Gasteiger partial charge in [-0.3, -0.25) is 9.69 Å². The first kappa shape index (κ1) is 16.6. The van der Waals surface area contributed by atoms with E-state index in [1.165, 1.54) is 24.2 Å². The molecular weight excluding hydrogens is 314 g/mol. The number of nitriles is 1. The van der Waals surface area contributed by atoms with E-state index in [4.69, 9.17) is 4.98 Å². The zero-order valence-electron chi connectivity index (χ0n) is 15.0. The minimum absolute atomic E-state index is 0.0424. The Labute approximate surface area is 149 Å². The maximum atomic E-state index is 12.5. The minimum atomic E-state index is -0.712. The van der Waals surface area contributed by atoms with Crippen molar-refractivity contribution in [3.63, 3.8) is 0 Å². The highest BCUT2D eigenvalue weighted by molar-refractivity contribution is 5.79. The summed E-state index contributed by atoms with van der Waals surface area (Å²) in [5, 5.41) is 12.4. The third kappa shape index (κ3) is 3.30. The average Bonchev–Trinajstić information content (AvgIpc) is 3.23. The van der Waals surface area contributed by atoms with E-state index in [2.05, 4.69) is 21.3 Å². The number of likely N-dealkylation sites (tertiary alicyclic amines) is 1. The van der Waals surface area contributed by atoms with Gasteiger partial charge in [0.2, 0.25) is 5.91 Å². The predicted molar refractivity (Wildman–Crippen MR) is 93.7 cm³/mol. The molecule has 2 atom stereocenters. The number of aryl methyl sites for hydroxylation is 2. The molecule has 0 radical (unpaired) electrons. The number of nitrogens with zero attached hydrogens (tertiary/aromatic N) is 3. The molecule has 6 heteroatoms. The lowest BCUT2D eigenvalue weighted by Gasteiger charge is -2.27. The fourth-order valence-electron chi connectivity index (χ4n) is 4.35. The number of aromatic amines is 1. The van der Waals surface area contributed by atoms with Crippen LogP contribution in [-0.2, 0) is 17.6 Å². The molecule has 0 spiro atoms. The predicted octanol–water partition coefficient (Wildman–Crippen LogP) is 2.23. The Morgan fingerprint density at radius 1 is 1.36 bits per heavy atom. The highest BCUT2D eigenvalue weighted by atomic mass is 16.2. The number of imidazole rings is 1. The fourth-order valence-corrected chi connectivity index (χ4v) is 4.35. The lowest BCUT2D eigenvalue weighted by molar-refractivity contribution is -0.123. The van der Waals surface area contributed by atoms with Crippen molar-refractivity contribution in [3.8, 4) is 6.07 Å². The first-order chi connectivity index (χ1) is 12.1. The number of carbonyl (C=O) groups is 1. The number of hydrogen-bond donors (Lipinski definition) is 2. The van der Waals surface area contributed by atoms with E-state index in [0.29, 0.717) is 12.5 Å². The van der Waals surface area contributed by atoms with Crippen LogP contribution >= 0.6 is 0 Å². The third-order valence-corrected chi connectivity index (χ3v) is 6.02. The molecule has 1 saturated carbocycles. The molecule has 134 valence electrons. The molecule has 25 heavy (non-hydrogen) atoms. The summed E-state index contributed by atoms with van der Waals surface area (Å²) in [7, 11) is 0. The van der Waals surface area contributed by atoms with Gasteiger partial charge in [-0.05, 0) is 70.8 Å².